The van der Waals surface area contributed by atoms with Crippen molar-refractivity contribution in [3.8, 4) is 11.1 Å². The summed E-state index contributed by atoms with van der Waals surface area (Å²) in [5.41, 5.74) is 8.32. The molecule has 112 valence electrons. The molecule has 0 bridgehead atoms. The Morgan fingerprint density at radius 2 is 1.95 bits per heavy atom. The molecule has 3 nitrogen and oxygen atoms in total. The molecule has 22 heavy (non-hydrogen) atoms. The molecule has 3 rings (SSSR count). The fraction of sp³-hybridized carbons (Fsp3) is 0.118. The molecule has 2 aromatic carbocycles. The van der Waals surface area contributed by atoms with E-state index in [0.29, 0.717) is 5.75 Å². The lowest BCUT2D eigenvalue weighted by Gasteiger charge is -2.05. The summed E-state index contributed by atoms with van der Waals surface area (Å²) < 4.78 is 13.1. The molecule has 1 atom stereocenters. The Labute approximate surface area is 135 Å². The van der Waals surface area contributed by atoms with E-state index in [1.165, 1.54) is 15.6 Å². The Morgan fingerprint density at radius 1 is 1.14 bits per heavy atom. The van der Waals surface area contributed by atoms with Gasteiger partial charge in [-0.1, -0.05) is 42.5 Å². The summed E-state index contributed by atoms with van der Waals surface area (Å²) in [4.78, 5) is 10.8. The Morgan fingerprint density at radius 3 is 2.77 bits per heavy atom. The molecule has 0 saturated carbocycles. The monoisotopic (exact) mass is 329 g/mol. The van der Waals surface area contributed by atoms with E-state index in [2.05, 4.69) is 23.6 Å². The maximum Gasteiger partial charge on any atom is 0.230 e. The molecular weight excluding hydrogens is 314 g/mol. The Hall–Kier alpha value is -1.98. The van der Waals surface area contributed by atoms with Crippen molar-refractivity contribution >= 4 is 38.1 Å². The third kappa shape index (κ3) is 3.26. The normalized spacial score (nSPS) is 12.4. The van der Waals surface area contributed by atoms with Gasteiger partial charge in [0.15, 0.2) is 0 Å². The van der Waals surface area contributed by atoms with Gasteiger partial charge in [0.05, 0.1) is 0 Å². The van der Waals surface area contributed by atoms with Gasteiger partial charge in [0.1, 0.15) is 5.75 Å². The average molecular weight is 329 g/mol. The molecule has 0 aliphatic rings. The smallest absolute Gasteiger partial charge is 0.230 e. The molecule has 0 fully saturated rings. The molecule has 3 aromatic rings. The Balaban J connectivity index is 1.91. The highest BCUT2D eigenvalue weighted by molar-refractivity contribution is 7.84. The number of carbonyl (C=O) groups excluding carboxylic acids is 1. The van der Waals surface area contributed by atoms with Gasteiger partial charge in [-0.25, -0.2) is 0 Å². The first kappa shape index (κ1) is 14.9. The Kier molecular flexibility index (Phi) is 4.36. The van der Waals surface area contributed by atoms with Gasteiger partial charge in [-0.15, -0.1) is 11.3 Å². The van der Waals surface area contributed by atoms with Crippen LogP contribution in [-0.4, -0.2) is 15.9 Å². The quantitative estimate of drug-likeness (QED) is 0.781. The van der Waals surface area contributed by atoms with Crippen molar-refractivity contribution < 1.29 is 9.00 Å². The van der Waals surface area contributed by atoms with Gasteiger partial charge in [-0.05, 0) is 22.6 Å². The van der Waals surface area contributed by atoms with Crippen LogP contribution < -0.4 is 5.73 Å². The predicted molar refractivity (Wildman–Crippen MR) is 93.2 cm³/mol. The lowest BCUT2D eigenvalue weighted by atomic mass is 10.0. The van der Waals surface area contributed by atoms with Crippen LogP contribution in [0.2, 0.25) is 0 Å². The van der Waals surface area contributed by atoms with Crippen molar-refractivity contribution in [2.24, 2.45) is 5.73 Å². The average Bonchev–Trinajstić information content (AvgIpc) is 2.90. The number of rotatable bonds is 5. The second-order valence-corrected chi connectivity index (χ2v) is 7.41. The van der Waals surface area contributed by atoms with Crippen LogP contribution in [0, 0.1) is 0 Å². The standard InChI is InChI=1S/C17H15NO2S2/c18-17(19)11-22(20)10-12-4-3-5-13(8-12)15-9-21-16-7-2-1-6-14(15)16/h1-9H,10-11H2,(H2,18,19). The van der Waals surface area contributed by atoms with Gasteiger partial charge in [-0.3, -0.25) is 9.00 Å². The van der Waals surface area contributed by atoms with E-state index in [1.807, 2.05) is 30.3 Å². The van der Waals surface area contributed by atoms with Crippen LogP contribution in [0.5, 0.6) is 0 Å². The highest BCUT2D eigenvalue weighted by Gasteiger charge is 2.09. The summed E-state index contributed by atoms with van der Waals surface area (Å²) in [6.45, 7) is 0. The molecule has 1 heterocycles. The molecule has 2 N–H and O–H groups in total. The third-order valence-corrected chi connectivity index (χ3v) is 5.58. The van der Waals surface area contributed by atoms with Crippen molar-refractivity contribution in [1.82, 2.24) is 0 Å². The lowest BCUT2D eigenvalue weighted by Crippen LogP contribution is -2.20. The molecule has 1 aromatic heterocycles. The first-order chi connectivity index (χ1) is 10.6. The molecule has 0 aliphatic carbocycles. The highest BCUT2D eigenvalue weighted by atomic mass is 32.2. The number of thiophene rings is 1. The second kappa shape index (κ2) is 6.42. The minimum Gasteiger partial charge on any atom is -0.369 e. The highest BCUT2D eigenvalue weighted by Crippen LogP contribution is 2.34. The largest absolute Gasteiger partial charge is 0.369 e. The summed E-state index contributed by atoms with van der Waals surface area (Å²) >= 11 is 1.72. The van der Waals surface area contributed by atoms with Gasteiger partial charge >= 0.3 is 0 Å². The van der Waals surface area contributed by atoms with Crippen LogP contribution in [0.1, 0.15) is 5.56 Å². The van der Waals surface area contributed by atoms with Gasteiger partial charge < -0.3 is 5.73 Å². The van der Waals surface area contributed by atoms with E-state index in [0.717, 1.165) is 11.1 Å². The Bertz CT molecular complexity index is 854. The first-order valence-corrected chi connectivity index (χ1v) is 9.19. The van der Waals surface area contributed by atoms with Crippen LogP contribution >= 0.6 is 11.3 Å². The van der Waals surface area contributed by atoms with E-state index in [9.17, 15) is 9.00 Å². The summed E-state index contributed by atoms with van der Waals surface area (Å²) in [6.07, 6.45) is 0. The number of hydrogen-bond acceptors (Lipinski definition) is 3. The number of benzene rings is 2. The predicted octanol–water partition coefficient (Wildman–Crippen LogP) is 3.30. The minimum absolute atomic E-state index is 0.0917. The molecule has 5 heteroatoms. The van der Waals surface area contributed by atoms with Crippen LogP contribution in [-0.2, 0) is 21.3 Å². The van der Waals surface area contributed by atoms with Crippen LogP contribution in [0.3, 0.4) is 0 Å². The van der Waals surface area contributed by atoms with E-state index in [1.54, 1.807) is 11.3 Å². The van der Waals surface area contributed by atoms with Crippen molar-refractivity contribution in [3.63, 3.8) is 0 Å². The van der Waals surface area contributed by atoms with Gasteiger partial charge in [-0.2, -0.15) is 0 Å². The lowest BCUT2D eigenvalue weighted by molar-refractivity contribution is -0.115. The molecule has 0 aliphatic heterocycles. The minimum atomic E-state index is -1.26. The van der Waals surface area contributed by atoms with Crippen molar-refractivity contribution in [2.45, 2.75) is 5.75 Å². The fourth-order valence-corrected chi connectivity index (χ4v) is 4.37. The summed E-state index contributed by atoms with van der Waals surface area (Å²) in [5, 5.41) is 3.37. The summed E-state index contributed by atoms with van der Waals surface area (Å²) in [7, 11) is -1.26. The molecule has 1 amide bonds. The van der Waals surface area contributed by atoms with Gasteiger partial charge in [0.25, 0.3) is 0 Å². The molecule has 0 radical (unpaired) electrons. The molecule has 0 saturated heterocycles. The zero-order valence-corrected chi connectivity index (χ0v) is 13.5. The zero-order chi connectivity index (χ0) is 15.5. The van der Waals surface area contributed by atoms with Gasteiger partial charge in [0.2, 0.25) is 5.91 Å². The SMILES string of the molecule is NC(=O)CS(=O)Cc1cccc(-c2csc3ccccc23)c1. The first-order valence-electron chi connectivity index (χ1n) is 6.82. The molecule has 1 unspecified atom stereocenters. The number of hydrogen-bond donors (Lipinski definition) is 1. The van der Waals surface area contributed by atoms with Crippen LogP contribution in [0.4, 0.5) is 0 Å². The van der Waals surface area contributed by atoms with E-state index in [4.69, 9.17) is 5.73 Å². The van der Waals surface area contributed by atoms with E-state index in [-0.39, 0.29) is 5.75 Å². The van der Waals surface area contributed by atoms with Crippen LogP contribution in [0.15, 0.2) is 53.9 Å². The van der Waals surface area contributed by atoms with Crippen LogP contribution in [0.25, 0.3) is 21.2 Å². The van der Waals surface area contributed by atoms with Crippen molar-refractivity contribution in [2.75, 3.05) is 5.75 Å². The summed E-state index contributed by atoms with van der Waals surface area (Å²) in [6, 6.07) is 16.3. The van der Waals surface area contributed by atoms with Crippen molar-refractivity contribution in [1.29, 1.82) is 0 Å². The van der Waals surface area contributed by atoms with E-state index < -0.39 is 16.7 Å². The number of nitrogens with two attached hydrogens (primary N) is 1. The maximum absolute atomic E-state index is 11.8. The fourth-order valence-electron chi connectivity index (χ4n) is 2.43. The molecule has 0 spiro atoms. The number of primary amides is 1. The number of carbonyl (C=O) groups is 1. The zero-order valence-electron chi connectivity index (χ0n) is 11.8. The van der Waals surface area contributed by atoms with Gasteiger partial charge in [0, 0.05) is 32.2 Å². The van der Waals surface area contributed by atoms with E-state index >= 15 is 0 Å². The number of fused-ring (bicyclic) bond motifs is 1. The maximum atomic E-state index is 11.8. The topological polar surface area (TPSA) is 60.2 Å². The third-order valence-electron chi connectivity index (χ3n) is 3.35. The van der Waals surface area contributed by atoms with Crippen molar-refractivity contribution in [3.05, 3.63) is 59.5 Å². The number of amides is 1. The molecular formula is C17H15NO2S2. The second-order valence-electron chi connectivity index (χ2n) is 5.04. The summed E-state index contributed by atoms with van der Waals surface area (Å²) in [5.74, 6) is -0.275.